The lowest BCUT2D eigenvalue weighted by Crippen LogP contribution is -1.91. The number of furan rings is 1. The second-order valence-corrected chi connectivity index (χ2v) is 3.62. The summed E-state index contributed by atoms with van der Waals surface area (Å²) < 4.78 is 5.42. The molecule has 1 heterocycles. The first-order valence-electron chi connectivity index (χ1n) is 5.16. The van der Waals surface area contributed by atoms with Gasteiger partial charge < -0.3 is 9.62 Å². The highest BCUT2D eigenvalue weighted by Gasteiger charge is 2.17. The summed E-state index contributed by atoms with van der Waals surface area (Å²) in [5, 5.41) is 22.5. The minimum Gasteiger partial charge on any atom is -0.454 e. The van der Waals surface area contributed by atoms with Crippen LogP contribution in [0.15, 0.2) is 46.0 Å². The van der Waals surface area contributed by atoms with Gasteiger partial charge in [0.2, 0.25) is 0 Å². The van der Waals surface area contributed by atoms with Crippen molar-refractivity contribution in [3.05, 3.63) is 52.3 Å². The monoisotopic (exact) mass is 246 g/mol. The van der Waals surface area contributed by atoms with Crippen molar-refractivity contribution in [2.75, 3.05) is 0 Å². The third kappa shape index (κ3) is 2.08. The Hall–Kier alpha value is -2.63. The van der Waals surface area contributed by atoms with Gasteiger partial charge in [0.25, 0.3) is 5.69 Å². The lowest BCUT2D eigenvalue weighted by molar-refractivity contribution is -0.384. The molecule has 0 spiro atoms. The number of nitro groups is 1. The first-order valence-corrected chi connectivity index (χ1v) is 5.16. The van der Waals surface area contributed by atoms with Gasteiger partial charge in [-0.1, -0.05) is 17.3 Å². The molecular weight excluding hydrogens is 236 g/mol. The van der Waals surface area contributed by atoms with Crippen LogP contribution in [0.25, 0.3) is 11.3 Å². The zero-order chi connectivity index (χ0) is 13.1. The number of benzene rings is 1. The maximum absolute atomic E-state index is 10.9. The maximum Gasteiger partial charge on any atom is 0.280 e. The Kier molecular flexibility index (Phi) is 3.09. The summed E-state index contributed by atoms with van der Waals surface area (Å²) in [6, 6.07) is 9.49. The maximum atomic E-state index is 10.9. The van der Waals surface area contributed by atoms with E-state index in [1.54, 1.807) is 37.3 Å². The van der Waals surface area contributed by atoms with Gasteiger partial charge in [-0.2, -0.15) is 0 Å². The van der Waals surface area contributed by atoms with E-state index in [0.29, 0.717) is 22.8 Å². The fourth-order valence-corrected chi connectivity index (χ4v) is 1.57. The van der Waals surface area contributed by atoms with Crippen LogP contribution in [0, 0.1) is 10.1 Å². The van der Waals surface area contributed by atoms with Crippen molar-refractivity contribution in [3.63, 3.8) is 0 Å². The van der Waals surface area contributed by atoms with Gasteiger partial charge >= 0.3 is 0 Å². The van der Waals surface area contributed by atoms with Gasteiger partial charge in [-0.05, 0) is 25.1 Å². The van der Waals surface area contributed by atoms with E-state index in [9.17, 15) is 10.1 Å². The minimum atomic E-state index is -0.468. The Labute approximate surface area is 102 Å². The van der Waals surface area contributed by atoms with Crippen molar-refractivity contribution < 1.29 is 14.5 Å². The van der Waals surface area contributed by atoms with Gasteiger partial charge in [-0.25, -0.2) is 0 Å². The Morgan fingerprint density at radius 3 is 2.72 bits per heavy atom. The Morgan fingerprint density at radius 2 is 2.06 bits per heavy atom. The van der Waals surface area contributed by atoms with Crippen LogP contribution in [0.3, 0.4) is 0 Å². The molecule has 0 aliphatic heterocycles. The smallest absolute Gasteiger partial charge is 0.280 e. The molecular formula is C12H10N2O4. The van der Waals surface area contributed by atoms with E-state index in [1.807, 2.05) is 0 Å². The van der Waals surface area contributed by atoms with E-state index in [2.05, 4.69) is 5.16 Å². The molecule has 2 aromatic rings. The zero-order valence-corrected chi connectivity index (χ0v) is 9.53. The normalized spacial score (nSPS) is 11.5. The summed E-state index contributed by atoms with van der Waals surface area (Å²) in [6.45, 7) is 1.57. The molecule has 6 heteroatoms. The van der Waals surface area contributed by atoms with Gasteiger partial charge in [0.05, 0.1) is 10.5 Å². The van der Waals surface area contributed by atoms with Crippen molar-refractivity contribution in [2.24, 2.45) is 5.16 Å². The Balaban J connectivity index is 2.50. The molecule has 92 valence electrons. The fourth-order valence-electron chi connectivity index (χ4n) is 1.57. The van der Waals surface area contributed by atoms with Crippen LogP contribution in [-0.4, -0.2) is 15.8 Å². The highest BCUT2D eigenvalue weighted by atomic mass is 16.6. The minimum absolute atomic E-state index is 0.0306. The third-order valence-electron chi connectivity index (χ3n) is 2.48. The second-order valence-electron chi connectivity index (χ2n) is 3.62. The van der Waals surface area contributed by atoms with Crippen LogP contribution in [0.5, 0.6) is 0 Å². The van der Waals surface area contributed by atoms with E-state index in [4.69, 9.17) is 9.62 Å². The van der Waals surface area contributed by atoms with Crippen molar-refractivity contribution in [2.45, 2.75) is 6.92 Å². The van der Waals surface area contributed by atoms with Gasteiger partial charge in [0, 0.05) is 6.07 Å². The van der Waals surface area contributed by atoms with Gasteiger partial charge in [-0.15, -0.1) is 0 Å². The predicted molar refractivity (Wildman–Crippen MR) is 64.8 cm³/mol. The molecule has 0 radical (unpaired) electrons. The van der Waals surface area contributed by atoms with Crippen molar-refractivity contribution >= 4 is 11.4 Å². The van der Waals surface area contributed by atoms with Crippen molar-refractivity contribution in [1.82, 2.24) is 0 Å². The summed E-state index contributed by atoms with van der Waals surface area (Å²) in [4.78, 5) is 10.4. The average Bonchev–Trinajstić information content (AvgIpc) is 2.87. The molecule has 6 nitrogen and oxygen atoms in total. The van der Waals surface area contributed by atoms with Crippen LogP contribution in [0.4, 0.5) is 5.69 Å². The molecule has 0 fully saturated rings. The number of nitrogens with zero attached hydrogens (tertiary/aromatic N) is 2. The quantitative estimate of drug-likeness (QED) is 0.390. The largest absolute Gasteiger partial charge is 0.454 e. The summed E-state index contributed by atoms with van der Waals surface area (Å²) in [6.07, 6.45) is 0. The molecule has 0 saturated carbocycles. The number of para-hydroxylation sites is 1. The van der Waals surface area contributed by atoms with Crippen LogP contribution in [0.2, 0.25) is 0 Å². The molecule has 1 N–H and O–H groups in total. The summed E-state index contributed by atoms with van der Waals surface area (Å²) in [5.74, 6) is 0.728. The lowest BCUT2D eigenvalue weighted by atomic mass is 10.1. The Morgan fingerprint density at radius 1 is 1.33 bits per heavy atom. The average molecular weight is 246 g/mol. The molecule has 0 aliphatic rings. The number of oxime groups is 1. The van der Waals surface area contributed by atoms with Crippen LogP contribution >= 0.6 is 0 Å². The van der Waals surface area contributed by atoms with E-state index < -0.39 is 4.92 Å². The molecule has 1 aromatic carbocycles. The lowest BCUT2D eigenvalue weighted by Gasteiger charge is -1.99. The molecule has 1 aromatic heterocycles. The Bertz CT molecular complexity index is 616. The molecule has 0 amide bonds. The van der Waals surface area contributed by atoms with E-state index in [-0.39, 0.29) is 5.69 Å². The summed E-state index contributed by atoms with van der Waals surface area (Å²) in [7, 11) is 0. The molecule has 0 saturated heterocycles. The topological polar surface area (TPSA) is 88.9 Å². The van der Waals surface area contributed by atoms with Crippen LogP contribution < -0.4 is 0 Å². The summed E-state index contributed by atoms with van der Waals surface area (Å²) in [5.41, 5.74) is 0.663. The fraction of sp³-hybridized carbons (Fsp3) is 0.0833. The molecule has 2 rings (SSSR count). The molecule has 0 aliphatic carbocycles. The second kappa shape index (κ2) is 4.70. The first kappa shape index (κ1) is 11.8. The first-order chi connectivity index (χ1) is 8.63. The zero-order valence-electron chi connectivity index (χ0n) is 9.53. The van der Waals surface area contributed by atoms with Gasteiger partial charge in [0.1, 0.15) is 11.5 Å². The SMILES string of the molecule is C/C(=N\O)c1ccc(-c2ccccc2[N+](=O)[O-])o1. The highest BCUT2D eigenvalue weighted by Crippen LogP contribution is 2.30. The van der Waals surface area contributed by atoms with E-state index in [0.717, 1.165) is 0 Å². The molecule has 18 heavy (non-hydrogen) atoms. The summed E-state index contributed by atoms with van der Waals surface area (Å²) >= 11 is 0. The van der Waals surface area contributed by atoms with Gasteiger partial charge in [0.15, 0.2) is 5.76 Å². The number of hydrogen-bond acceptors (Lipinski definition) is 5. The highest BCUT2D eigenvalue weighted by molar-refractivity contribution is 5.96. The van der Waals surface area contributed by atoms with E-state index >= 15 is 0 Å². The third-order valence-corrected chi connectivity index (χ3v) is 2.48. The molecule has 0 bridgehead atoms. The standard InChI is InChI=1S/C12H10N2O4/c1-8(13-15)11-6-7-12(18-11)9-4-2-3-5-10(9)14(16)17/h2-7,15H,1H3/b13-8+. The van der Waals surface area contributed by atoms with Gasteiger partial charge in [-0.3, -0.25) is 10.1 Å². The molecule has 0 atom stereocenters. The number of hydrogen-bond donors (Lipinski definition) is 1. The van der Waals surface area contributed by atoms with Crippen molar-refractivity contribution in [3.8, 4) is 11.3 Å². The van der Waals surface area contributed by atoms with Crippen LogP contribution in [-0.2, 0) is 0 Å². The van der Waals surface area contributed by atoms with E-state index in [1.165, 1.54) is 6.07 Å². The number of nitro benzene ring substituents is 1. The van der Waals surface area contributed by atoms with Crippen molar-refractivity contribution in [1.29, 1.82) is 0 Å². The predicted octanol–water partition coefficient (Wildman–Crippen LogP) is 3.05. The molecule has 0 unspecified atom stereocenters. The van der Waals surface area contributed by atoms with Crippen LogP contribution in [0.1, 0.15) is 12.7 Å². The number of rotatable bonds is 3.